The molecule has 5 heteroatoms. The highest BCUT2D eigenvalue weighted by molar-refractivity contribution is 9.10. The summed E-state index contributed by atoms with van der Waals surface area (Å²) >= 11 is 3.39. The van der Waals surface area contributed by atoms with Gasteiger partial charge in [0.05, 0.1) is 6.26 Å². The molecule has 110 valence electrons. The monoisotopic (exact) mass is 359 g/mol. The average molecular weight is 360 g/mol. The summed E-state index contributed by atoms with van der Waals surface area (Å²) in [5, 5.41) is 2.66. The molecule has 1 aliphatic rings. The molecule has 0 atom stereocenters. The fourth-order valence-corrected chi connectivity index (χ4v) is 2.43. The van der Waals surface area contributed by atoms with Crippen molar-refractivity contribution >= 4 is 33.6 Å². The van der Waals surface area contributed by atoms with Crippen molar-refractivity contribution < 1.29 is 13.9 Å². The maximum Gasteiger partial charge on any atom is 0.255 e. The minimum atomic E-state index is -0.402. The van der Waals surface area contributed by atoms with Gasteiger partial charge in [-0.15, -0.1) is 0 Å². The van der Waals surface area contributed by atoms with E-state index in [4.69, 9.17) is 4.74 Å². The van der Waals surface area contributed by atoms with Crippen LogP contribution in [0.4, 0.5) is 10.1 Å². The zero-order valence-electron chi connectivity index (χ0n) is 11.3. The minimum Gasteiger partial charge on any atom is -0.464 e. The minimum absolute atomic E-state index is 0.335. The molecule has 0 bridgehead atoms. The van der Waals surface area contributed by atoms with Gasteiger partial charge in [-0.25, -0.2) is 4.39 Å². The second-order valence-corrected chi connectivity index (χ2v) is 5.58. The summed E-state index contributed by atoms with van der Waals surface area (Å²) in [4.78, 5) is 12.3. The maximum atomic E-state index is 13.2. The van der Waals surface area contributed by atoms with Crippen LogP contribution in [0.15, 0.2) is 64.8 Å². The van der Waals surface area contributed by atoms with E-state index < -0.39 is 5.82 Å². The van der Waals surface area contributed by atoms with Crippen LogP contribution in [0, 0.1) is 5.82 Å². The van der Waals surface area contributed by atoms with Crippen molar-refractivity contribution in [2.75, 3.05) is 5.32 Å². The Morgan fingerprint density at radius 3 is 2.86 bits per heavy atom. The third-order valence-corrected chi connectivity index (χ3v) is 3.56. The van der Waals surface area contributed by atoms with Gasteiger partial charge in [0, 0.05) is 21.3 Å². The fourth-order valence-electron chi connectivity index (χ4n) is 2.05. The standard InChI is InChI=1S/C17H11BrFNO2/c18-13-4-5-16-12(9-13)8-11(6-7-22-16)17(21)20-15-3-1-2-14(19)10-15/h1-10H,(H,20,21). The molecule has 22 heavy (non-hydrogen) atoms. The maximum absolute atomic E-state index is 13.2. The lowest BCUT2D eigenvalue weighted by Gasteiger charge is -2.06. The second-order valence-electron chi connectivity index (χ2n) is 4.67. The van der Waals surface area contributed by atoms with Crippen LogP contribution in [-0.4, -0.2) is 5.91 Å². The van der Waals surface area contributed by atoms with E-state index in [1.165, 1.54) is 24.5 Å². The number of ether oxygens (including phenoxy) is 1. The molecule has 0 unspecified atom stereocenters. The summed E-state index contributed by atoms with van der Waals surface area (Å²) in [5.74, 6) is -0.0768. The molecule has 0 spiro atoms. The van der Waals surface area contributed by atoms with Gasteiger partial charge in [-0.3, -0.25) is 4.79 Å². The van der Waals surface area contributed by atoms with E-state index in [1.807, 2.05) is 18.2 Å². The molecule has 0 aromatic heterocycles. The van der Waals surface area contributed by atoms with Crippen molar-refractivity contribution in [1.82, 2.24) is 0 Å². The van der Waals surface area contributed by atoms with Gasteiger partial charge < -0.3 is 10.1 Å². The van der Waals surface area contributed by atoms with Crippen LogP contribution in [0.3, 0.4) is 0 Å². The molecular weight excluding hydrogens is 349 g/mol. The van der Waals surface area contributed by atoms with Crippen molar-refractivity contribution in [3.63, 3.8) is 0 Å². The Balaban J connectivity index is 1.88. The molecular formula is C17H11BrFNO2. The zero-order chi connectivity index (χ0) is 15.5. The first-order valence-electron chi connectivity index (χ1n) is 6.53. The van der Waals surface area contributed by atoms with Gasteiger partial charge in [0.25, 0.3) is 5.91 Å². The van der Waals surface area contributed by atoms with E-state index in [0.717, 1.165) is 10.0 Å². The number of carbonyl (C=O) groups is 1. The van der Waals surface area contributed by atoms with Crippen molar-refractivity contribution in [1.29, 1.82) is 0 Å². The molecule has 1 aliphatic heterocycles. The second kappa shape index (κ2) is 6.15. The van der Waals surface area contributed by atoms with Gasteiger partial charge >= 0.3 is 0 Å². The third kappa shape index (κ3) is 3.26. The summed E-state index contributed by atoms with van der Waals surface area (Å²) in [6.45, 7) is 0. The molecule has 0 fully saturated rings. The first kappa shape index (κ1) is 14.5. The van der Waals surface area contributed by atoms with Gasteiger partial charge in [0.2, 0.25) is 0 Å². The molecule has 0 aliphatic carbocycles. The van der Waals surface area contributed by atoms with Gasteiger partial charge in [-0.1, -0.05) is 22.0 Å². The lowest BCUT2D eigenvalue weighted by Crippen LogP contribution is -2.13. The summed E-state index contributed by atoms with van der Waals surface area (Å²) < 4.78 is 19.5. The number of benzene rings is 2. The topological polar surface area (TPSA) is 38.3 Å². The number of rotatable bonds is 2. The molecule has 0 saturated carbocycles. The molecule has 3 nitrogen and oxygen atoms in total. The first-order chi connectivity index (χ1) is 10.6. The first-order valence-corrected chi connectivity index (χ1v) is 7.32. The number of amides is 1. The largest absolute Gasteiger partial charge is 0.464 e. The van der Waals surface area contributed by atoms with Crippen LogP contribution < -0.4 is 10.1 Å². The lowest BCUT2D eigenvalue weighted by atomic mass is 10.1. The number of fused-ring (bicyclic) bond motifs is 1. The highest BCUT2D eigenvalue weighted by Gasteiger charge is 2.12. The van der Waals surface area contributed by atoms with Crippen molar-refractivity contribution in [3.05, 3.63) is 76.2 Å². The van der Waals surface area contributed by atoms with Crippen LogP contribution in [-0.2, 0) is 4.79 Å². The predicted molar refractivity (Wildman–Crippen MR) is 86.9 cm³/mol. The summed E-state index contributed by atoms with van der Waals surface area (Å²) in [6.07, 6.45) is 4.75. The Kier molecular flexibility index (Phi) is 4.06. The van der Waals surface area contributed by atoms with Crippen LogP contribution in [0.1, 0.15) is 5.56 Å². The van der Waals surface area contributed by atoms with Gasteiger partial charge in [0.1, 0.15) is 11.6 Å². The normalized spacial score (nSPS) is 12.7. The fraction of sp³-hybridized carbons (Fsp3) is 0. The Bertz CT molecular complexity index is 799. The van der Waals surface area contributed by atoms with Crippen LogP contribution in [0.5, 0.6) is 5.75 Å². The third-order valence-electron chi connectivity index (χ3n) is 3.07. The van der Waals surface area contributed by atoms with Crippen molar-refractivity contribution in [3.8, 4) is 5.75 Å². The summed E-state index contributed by atoms with van der Waals surface area (Å²) in [7, 11) is 0. The van der Waals surface area contributed by atoms with Crippen molar-refractivity contribution in [2.24, 2.45) is 0 Å². The van der Waals surface area contributed by atoms with E-state index in [0.29, 0.717) is 17.0 Å². The number of carbonyl (C=O) groups excluding carboxylic acids is 1. The van der Waals surface area contributed by atoms with Gasteiger partial charge in [0.15, 0.2) is 0 Å². The quantitative estimate of drug-likeness (QED) is 0.856. The molecule has 2 aromatic rings. The number of hydrogen-bond donors (Lipinski definition) is 1. The van der Waals surface area contributed by atoms with Gasteiger partial charge in [-0.2, -0.15) is 0 Å². The van der Waals surface area contributed by atoms with Crippen LogP contribution in [0.2, 0.25) is 0 Å². The molecule has 1 N–H and O–H groups in total. The smallest absolute Gasteiger partial charge is 0.255 e. The Hall–Kier alpha value is -2.40. The predicted octanol–water partition coefficient (Wildman–Crippen LogP) is 4.52. The van der Waals surface area contributed by atoms with Crippen LogP contribution in [0.25, 0.3) is 6.08 Å². The van der Waals surface area contributed by atoms with E-state index in [9.17, 15) is 9.18 Å². The SMILES string of the molecule is O=C(Nc1cccc(F)c1)C1=Cc2cc(Br)ccc2OC=C1. The number of nitrogens with one attached hydrogen (secondary N) is 1. The highest BCUT2D eigenvalue weighted by Crippen LogP contribution is 2.28. The molecule has 1 amide bonds. The number of hydrogen-bond acceptors (Lipinski definition) is 2. The van der Waals surface area contributed by atoms with Crippen molar-refractivity contribution in [2.45, 2.75) is 0 Å². The Morgan fingerprint density at radius 2 is 2.05 bits per heavy atom. The van der Waals surface area contributed by atoms with Crippen LogP contribution >= 0.6 is 15.9 Å². The number of halogens is 2. The summed E-state index contributed by atoms with van der Waals surface area (Å²) in [6, 6.07) is 11.3. The Labute approximate surface area is 135 Å². The van der Waals surface area contributed by atoms with Gasteiger partial charge in [-0.05, 0) is 48.6 Å². The molecule has 1 heterocycles. The summed E-state index contributed by atoms with van der Waals surface area (Å²) in [5.41, 5.74) is 1.60. The molecule has 2 aromatic carbocycles. The Morgan fingerprint density at radius 1 is 1.18 bits per heavy atom. The molecule has 0 radical (unpaired) electrons. The zero-order valence-corrected chi connectivity index (χ0v) is 12.9. The lowest BCUT2D eigenvalue weighted by molar-refractivity contribution is -0.112. The number of anilines is 1. The van der Waals surface area contributed by atoms with E-state index in [-0.39, 0.29) is 5.91 Å². The highest BCUT2D eigenvalue weighted by atomic mass is 79.9. The van der Waals surface area contributed by atoms with E-state index in [1.54, 1.807) is 18.2 Å². The molecule has 3 rings (SSSR count). The average Bonchev–Trinajstić information content (AvgIpc) is 2.69. The van der Waals surface area contributed by atoms with E-state index in [2.05, 4.69) is 21.2 Å². The molecule has 0 saturated heterocycles. The van der Waals surface area contributed by atoms with E-state index >= 15 is 0 Å².